The maximum Gasteiger partial charge on any atom is 0.257 e. The van der Waals surface area contributed by atoms with E-state index in [0.29, 0.717) is 15.8 Å². The SMILES string of the molecule is COc1ccc(Br)c(C(=O)NCCNC(=O)c2c(F)cccc2F)c1. The van der Waals surface area contributed by atoms with Crippen molar-refractivity contribution in [2.75, 3.05) is 20.2 Å². The van der Waals surface area contributed by atoms with Crippen LogP contribution in [0.4, 0.5) is 8.78 Å². The Morgan fingerprint density at radius 2 is 1.64 bits per heavy atom. The van der Waals surface area contributed by atoms with Gasteiger partial charge in [-0.3, -0.25) is 9.59 Å². The summed E-state index contributed by atoms with van der Waals surface area (Å²) >= 11 is 3.27. The van der Waals surface area contributed by atoms with Crippen molar-refractivity contribution < 1.29 is 23.1 Å². The number of halogens is 3. The van der Waals surface area contributed by atoms with Gasteiger partial charge in [0.05, 0.1) is 12.7 Å². The fourth-order valence-corrected chi connectivity index (χ4v) is 2.48. The molecule has 0 spiro atoms. The van der Waals surface area contributed by atoms with Crippen LogP contribution >= 0.6 is 15.9 Å². The molecular weight excluding hydrogens is 398 g/mol. The summed E-state index contributed by atoms with van der Waals surface area (Å²) < 4.78 is 32.6. The average Bonchev–Trinajstić information content (AvgIpc) is 2.58. The van der Waals surface area contributed by atoms with E-state index in [2.05, 4.69) is 26.6 Å². The average molecular weight is 413 g/mol. The summed E-state index contributed by atoms with van der Waals surface area (Å²) in [5, 5.41) is 4.95. The second-order valence-electron chi connectivity index (χ2n) is 4.95. The van der Waals surface area contributed by atoms with Crippen LogP contribution in [0, 0.1) is 11.6 Å². The number of carbonyl (C=O) groups excluding carboxylic acids is 2. The molecule has 0 saturated carbocycles. The van der Waals surface area contributed by atoms with Gasteiger partial charge in [0, 0.05) is 17.6 Å². The number of nitrogens with one attached hydrogen (secondary N) is 2. The lowest BCUT2D eigenvalue weighted by molar-refractivity contribution is 0.0922. The van der Waals surface area contributed by atoms with Crippen LogP contribution in [0.3, 0.4) is 0 Å². The van der Waals surface area contributed by atoms with E-state index in [9.17, 15) is 18.4 Å². The Balaban J connectivity index is 1.89. The molecule has 0 saturated heterocycles. The molecule has 25 heavy (non-hydrogen) atoms. The van der Waals surface area contributed by atoms with Crippen molar-refractivity contribution in [1.82, 2.24) is 10.6 Å². The normalized spacial score (nSPS) is 10.2. The Kier molecular flexibility index (Phi) is 6.46. The highest BCUT2D eigenvalue weighted by Crippen LogP contribution is 2.22. The molecule has 2 aromatic rings. The second kappa shape index (κ2) is 8.57. The first kappa shape index (κ1) is 18.9. The highest BCUT2D eigenvalue weighted by molar-refractivity contribution is 9.10. The fourth-order valence-electron chi connectivity index (χ4n) is 2.06. The third-order valence-electron chi connectivity index (χ3n) is 3.30. The standard InChI is InChI=1S/C17H15BrF2N2O3/c1-25-10-5-6-12(18)11(9-10)16(23)21-7-8-22-17(24)15-13(19)3-2-4-14(15)20/h2-6,9H,7-8H2,1H3,(H,21,23)(H,22,24). The van der Waals surface area contributed by atoms with Crippen molar-refractivity contribution in [1.29, 1.82) is 0 Å². The van der Waals surface area contributed by atoms with Gasteiger partial charge in [-0.1, -0.05) is 6.07 Å². The molecule has 0 radical (unpaired) electrons. The summed E-state index contributed by atoms with van der Waals surface area (Å²) in [6.07, 6.45) is 0. The minimum atomic E-state index is -0.943. The van der Waals surface area contributed by atoms with Crippen molar-refractivity contribution in [3.05, 3.63) is 63.6 Å². The molecule has 0 aliphatic carbocycles. The summed E-state index contributed by atoms with van der Waals surface area (Å²) in [6, 6.07) is 8.11. The van der Waals surface area contributed by atoms with Gasteiger partial charge in [0.25, 0.3) is 11.8 Å². The van der Waals surface area contributed by atoms with Gasteiger partial charge in [0.15, 0.2) is 0 Å². The van der Waals surface area contributed by atoms with Crippen LogP contribution in [0.5, 0.6) is 5.75 Å². The number of ether oxygens (including phenoxy) is 1. The van der Waals surface area contributed by atoms with E-state index < -0.39 is 23.1 Å². The molecular formula is C17H15BrF2N2O3. The molecule has 0 atom stereocenters. The van der Waals surface area contributed by atoms with Crippen LogP contribution < -0.4 is 15.4 Å². The predicted octanol–water partition coefficient (Wildman–Crippen LogP) is 2.90. The first-order valence-corrected chi connectivity index (χ1v) is 8.07. The van der Waals surface area contributed by atoms with E-state index in [1.54, 1.807) is 18.2 Å². The van der Waals surface area contributed by atoms with Crippen molar-refractivity contribution in [3.8, 4) is 5.75 Å². The largest absolute Gasteiger partial charge is 0.497 e. The fraction of sp³-hybridized carbons (Fsp3) is 0.176. The van der Waals surface area contributed by atoms with Crippen molar-refractivity contribution in [3.63, 3.8) is 0 Å². The zero-order chi connectivity index (χ0) is 18.4. The summed E-state index contributed by atoms with van der Waals surface area (Å²) in [4.78, 5) is 23.9. The number of amides is 2. The minimum Gasteiger partial charge on any atom is -0.497 e. The lowest BCUT2D eigenvalue weighted by Crippen LogP contribution is -2.35. The molecule has 0 aliphatic rings. The zero-order valence-electron chi connectivity index (χ0n) is 13.2. The Morgan fingerprint density at radius 1 is 1.04 bits per heavy atom. The number of hydrogen-bond acceptors (Lipinski definition) is 3. The number of rotatable bonds is 6. The first-order valence-electron chi connectivity index (χ1n) is 7.28. The van der Waals surface area contributed by atoms with Gasteiger partial charge < -0.3 is 15.4 Å². The number of methoxy groups -OCH3 is 1. The molecule has 0 aromatic heterocycles. The third-order valence-corrected chi connectivity index (χ3v) is 4.00. The van der Waals surface area contributed by atoms with Gasteiger partial charge in [0.2, 0.25) is 0 Å². The van der Waals surface area contributed by atoms with Gasteiger partial charge in [-0.25, -0.2) is 8.78 Å². The smallest absolute Gasteiger partial charge is 0.257 e. The molecule has 2 rings (SSSR count). The van der Waals surface area contributed by atoms with E-state index >= 15 is 0 Å². The summed E-state index contributed by atoms with van der Waals surface area (Å²) in [7, 11) is 1.49. The number of carbonyl (C=O) groups is 2. The van der Waals surface area contributed by atoms with Crippen LogP contribution in [-0.4, -0.2) is 32.0 Å². The minimum absolute atomic E-state index is 0.0138. The Labute approximate surface area is 151 Å². The summed E-state index contributed by atoms with van der Waals surface area (Å²) in [6.45, 7) is 0.101. The quantitative estimate of drug-likeness (QED) is 0.716. The van der Waals surface area contributed by atoms with Crippen LogP contribution in [0.2, 0.25) is 0 Å². The Bertz CT molecular complexity index is 779. The van der Waals surface area contributed by atoms with E-state index in [1.807, 2.05) is 0 Å². The number of benzene rings is 2. The van der Waals surface area contributed by atoms with Crippen LogP contribution in [0.1, 0.15) is 20.7 Å². The molecule has 0 unspecified atom stereocenters. The molecule has 0 bridgehead atoms. The molecule has 2 amide bonds. The van der Waals surface area contributed by atoms with Crippen LogP contribution in [0.15, 0.2) is 40.9 Å². The topological polar surface area (TPSA) is 67.4 Å². The van der Waals surface area contributed by atoms with E-state index in [-0.39, 0.29) is 19.0 Å². The lowest BCUT2D eigenvalue weighted by Gasteiger charge is -2.10. The van der Waals surface area contributed by atoms with E-state index in [4.69, 9.17) is 4.74 Å². The van der Waals surface area contributed by atoms with E-state index in [0.717, 1.165) is 12.1 Å². The van der Waals surface area contributed by atoms with Gasteiger partial charge >= 0.3 is 0 Å². The lowest BCUT2D eigenvalue weighted by atomic mass is 10.2. The van der Waals surface area contributed by atoms with Gasteiger partial charge in [0.1, 0.15) is 22.9 Å². The van der Waals surface area contributed by atoms with Gasteiger partial charge in [-0.2, -0.15) is 0 Å². The second-order valence-corrected chi connectivity index (χ2v) is 5.81. The molecule has 132 valence electrons. The molecule has 5 nitrogen and oxygen atoms in total. The zero-order valence-corrected chi connectivity index (χ0v) is 14.8. The van der Waals surface area contributed by atoms with Gasteiger partial charge in [-0.15, -0.1) is 0 Å². The van der Waals surface area contributed by atoms with Crippen molar-refractivity contribution in [2.24, 2.45) is 0 Å². The Morgan fingerprint density at radius 3 is 2.24 bits per heavy atom. The monoisotopic (exact) mass is 412 g/mol. The molecule has 0 heterocycles. The van der Waals surface area contributed by atoms with E-state index in [1.165, 1.54) is 13.2 Å². The molecule has 2 N–H and O–H groups in total. The highest BCUT2D eigenvalue weighted by atomic mass is 79.9. The highest BCUT2D eigenvalue weighted by Gasteiger charge is 2.16. The summed E-state index contributed by atoms with van der Waals surface area (Å²) in [5.41, 5.74) is -0.282. The van der Waals surface area contributed by atoms with Crippen LogP contribution in [0.25, 0.3) is 0 Å². The Hall–Kier alpha value is -2.48. The first-order chi connectivity index (χ1) is 11.9. The van der Waals surface area contributed by atoms with Crippen molar-refractivity contribution in [2.45, 2.75) is 0 Å². The summed E-state index contributed by atoms with van der Waals surface area (Å²) in [5.74, 6) is -2.62. The third kappa shape index (κ3) is 4.76. The molecule has 0 fully saturated rings. The predicted molar refractivity (Wildman–Crippen MR) is 91.7 cm³/mol. The van der Waals surface area contributed by atoms with Gasteiger partial charge in [-0.05, 0) is 46.3 Å². The molecule has 8 heteroatoms. The molecule has 2 aromatic carbocycles. The maximum atomic E-state index is 13.5. The maximum absolute atomic E-state index is 13.5. The van der Waals surface area contributed by atoms with Crippen LogP contribution in [-0.2, 0) is 0 Å². The molecule has 0 aliphatic heterocycles. The number of hydrogen-bond donors (Lipinski definition) is 2. The van der Waals surface area contributed by atoms with Crippen molar-refractivity contribution >= 4 is 27.7 Å².